The lowest BCUT2D eigenvalue weighted by Crippen LogP contribution is -2.37. The van der Waals surface area contributed by atoms with Crippen LogP contribution in [-0.2, 0) is 4.74 Å². The summed E-state index contributed by atoms with van der Waals surface area (Å²) in [5.74, 6) is 0.559. The predicted molar refractivity (Wildman–Crippen MR) is 109 cm³/mol. The summed E-state index contributed by atoms with van der Waals surface area (Å²) >= 11 is 3.32. The molecule has 2 heterocycles. The zero-order valence-electron chi connectivity index (χ0n) is 16.7. The molecular formula is C19H26BrN3O5. The molecule has 1 spiro atoms. The van der Waals surface area contributed by atoms with Gasteiger partial charge in [-0.05, 0) is 49.5 Å². The molecule has 0 aliphatic carbocycles. The highest BCUT2D eigenvalue weighted by Crippen LogP contribution is 2.45. The van der Waals surface area contributed by atoms with Crippen LogP contribution < -0.4 is 9.64 Å². The Morgan fingerprint density at radius 2 is 1.93 bits per heavy atom. The maximum absolute atomic E-state index is 12.4. The molecule has 2 aliphatic rings. The average molecular weight is 456 g/mol. The number of nitro groups is 1. The van der Waals surface area contributed by atoms with Gasteiger partial charge >= 0.3 is 6.09 Å². The van der Waals surface area contributed by atoms with Crippen LogP contribution in [0.1, 0.15) is 33.6 Å². The molecule has 0 radical (unpaired) electrons. The molecule has 1 aromatic rings. The van der Waals surface area contributed by atoms with Gasteiger partial charge in [0, 0.05) is 43.7 Å². The van der Waals surface area contributed by atoms with Crippen molar-refractivity contribution in [2.24, 2.45) is 5.41 Å². The fourth-order valence-corrected chi connectivity index (χ4v) is 4.47. The maximum Gasteiger partial charge on any atom is 0.410 e. The molecule has 28 heavy (non-hydrogen) atoms. The van der Waals surface area contributed by atoms with Gasteiger partial charge in [-0.25, -0.2) is 4.79 Å². The minimum absolute atomic E-state index is 0.0479. The molecule has 0 saturated carbocycles. The fraction of sp³-hybridized carbons (Fsp3) is 0.632. The lowest BCUT2D eigenvalue weighted by Gasteiger charge is -2.27. The second kappa shape index (κ2) is 7.42. The molecule has 2 fully saturated rings. The molecule has 3 rings (SSSR count). The number of halogens is 1. The second-order valence-electron chi connectivity index (χ2n) is 8.56. The van der Waals surface area contributed by atoms with Crippen LogP contribution in [0.25, 0.3) is 0 Å². The maximum atomic E-state index is 12.4. The minimum atomic E-state index is -0.525. The van der Waals surface area contributed by atoms with Gasteiger partial charge < -0.3 is 19.3 Å². The Kier molecular flexibility index (Phi) is 5.49. The van der Waals surface area contributed by atoms with Crippen LogP contribution in [0, 0.1) is 15.5 Å². The van der Waals surface area contributed by atoms with E-state index < -0.39 is 5.60 Å². The molecule has 1 aromatic carbocycles. The summed E-state index contributed by atoms with van der Waals surface area (Å²) in [4.78, 5) is 27.4. The van der Waals surface area contributed by atoms with E-state index >= 15 is 0 Å². The smallest absolute Gasteiger partial charge is 0.410 e. The second-order valence-corrected chi connectivity index (χ2v) is 9.41. The number of likely N-dealkylation sites (tertiary alicyclic amines) is 1. The van der Waals surface area contributed by atoms with Crippen molar-refractivity contribution in [2.75, 3.05) is 38.2 Å². The third kappa shape index (κ3) is 4.19. The van der Waals surface area contributed by atoms with Crippen LogP contribution >= 0.6 is 15.9 Å². The lowest BCUT2D eigenvalue weighted by molar-refractivity contribution is -0.384. The number of carbonyl (C=O) groups excluding carboxylic acids is 1. The van der Waals surface area contributed by atoms with Gasteiger partial charge in [-0.3, -0.25) is 10.1 Å². The van der Waals surface area contributed by atoms with Crippen molar-refractivity contribution in [3.05, 3.63) is 26.7 Å². The number of rotatable bonds is 3. The topological polar surface area (TPSA) is 85.2 Å². The number of nitro benzene ring substituents is 1. The summed E-state index contributed by atoms with van der Waals surface area (Å²) in [7, 11) is 1.54. The Morgan fingerprint density at radius 1 is 1.25 bits per heavy atom. The van der Waals surface area contributed by atoms with Crippen LogP contribution in [0.2, 0.25) is 0 Å². The highest BCUT2D eigenvalue weighted by molar-refractivity contribution is 9.10. The number of hydrogen-bond donors (Lipinski definition) is 0. The van der Waals surface area contributed by atoms with Crippen molar-refractivity contribution in [1.82, 2.24) is 4.90 Å². The van der Waals surface area contributed by atoms with Gasteiger partial charge in [-0.15, -0.1) is 0 Å². The largest absolute Gasteiger partial charge is 0.495 e. The number of hydrogen-bond acceptors (Lipinski definition) is 6. The van der Waals surface area contributed by atoms with E-state index in [4.69, 9.17) is 9.47 Å². The third-order valence-electron chi connectivity index (χ3n) is 5.31. The van der Waals surface area contributed by atoms with E-state index in [0.29, 0.717) is 42.1 Å². The first kappa shape index (κ1) is 20.7. The molecule has 9 heteroatoms. The van der Waals surface area contributed by atoms with Crippen molar-refractivity contribution in [2.45, 2.75) is 39.2 Å². The number of carbonyl (C=O) groups is 1. The highest BCUT2D eigenvalue weighted by atomic mass is 79.9. The van der Waals surface area contributed by atoms with E-state index in [0.717, 1.165) is 12.8 Å². The van der Waals surface area contributed by atoms with Crippen LogP contribution in [0.5, 0.6) is 5.75 Å². The summed E-state index contributed by atoms with van der Waals surface area (Å²) in [6.07, 6.45) is 1.45. The van der Waals surface area contributed by atoms with E-state index in [1.807, 2.05) is 25.7 Å². The Hall–Kier alpha value is -2.03. The molecule has 8 nitrogen and oxygen atoms in total. The number of ether oxygens (including phenoxy) is 2. The molecule has 0 aromatic heterocycles. The summed E-state index contributed by atoms with van der Waals surface area (Å²) in [5.41, 5.74) is 0.0122. The van der Waals surface area contributed by atoms with Gasteiger partial charge in [0.2, 0.25) is 0 Å². The molecule has 1 unspecified atom stereocenters. The molecular weight excluding hydrogens is 430 g/mol. The summed E-state index contributed by atoms with van der Waals surface area (Å²) in [5, 5.41) is 11.6. The van der Waals surface area contributed by atoms with Crippen molar-refractivity contribution in [1.29, 1.82) is 0 Å². The number of benzene rings is 1. The van der Waals surface area contributed by atoms with E-state index in [9.17, 15) is 14.9 Å². The average Bonchev–Trinajstić information content (AvgIpc) is 3.20. The number of anilines is 1. The van der Waals surface area contributed by atoms with Crippen molar-refractivity contribution in [3.8, 4) is 5.75 Å². The zero-order chi connectivity index (χ0) is 20.7. The first-order valence-electron chi connectivity index (χ1n) is 9.28. The Labute approximate surface area is 173 Å². The SMILES string of the molecule is COc1cc(N2CCC3(CCN(C(=O)OC(C)(C)C)C3)C2)c([N+](=O)[O-])cc1Br. The third-order valence-corrected chi connectivity index (χ3v) is 5.93. The van der Waals surface area contributed by atoms with Gasteiger partial charge in [0.1, 0.15) is 17.0 Å². The summed E-state index contributed by atoms with van der Waals surface area (Å²) in [6.45, 7) is 8.19. The monoisotopic (exact) mass is 455 g/mol. The molecule has 154 valence electrons. The van der Waals surface area contributed by atoms with Gasteiger partial charge in [-0.1, -0.05) is 0 Å². The standard InChI is InChI=1S/C19H26BrN3O5/c1-18(2,3)28-17(24)22-8-6-19(12-22)5-7-21(11-19)14-10-16(27-4)13(20)9-15(14)23(25)26/h9-10H,5-8,11-12H2,1-4H3. The fourth-order valence-electron chi connectivity index (χ4n) is 3.98. The quantitative estimate of drug-likeness (QED) is 0.501. The van der Waals surface area contributed by atoms with E-state index in [1.165, 1.54) is 13.2 Å². The highest BCUT2D eigenvalue weighted by Gasteiger charge is 2.46. The van der Waals surface area contributed by atoms with Crippen LogP contribution in [-0.4, -0.2) is 54.8 Å². The van der Waals surface area contributed by atoms with Crippen LogP contribution in [0.3, 0.4) is 0 Å². The van der Waals surface area contributed by atoms with Crippen LogP contribution in [0.15, 0.2) is 16.6 Å². The van der Waals surface area contributed by atoms with Crippen molar-refractivity contribution < 1.29 is 19.2 Å². The number of methoxy groups -OCH3 is 1. The normalized spacial score (nSPS) is 22.0. The summed E-state index contributed by atoms with van der Waals surface area (Å²) in [6, 6.07) is 3.20. The summed E-state index contributed by atoms with van der Waals surface area (Å²) < 4.78 is 11.4. The number of nitrogens with zero attached hydrogens (tertiary/aromatic N) is 3. The van der Waals surface area contributed by atoms with Gasteiger partial charge in [-0.2, -0.15) is 0 Å². The Morgan fingerprint density at radius 3 is 2.54 bits per heavy atom. The van der Waals surface area contributed by atoms with Crippen molar-refractivity contribution >= 4 is 33.4 Å². The zero-order valence-corrected chi connectivity index (χ0v) is 18.2. The molecule has 0 bridgehead atoms. The molecule has 2 aliphatic heterocycles. The molecule has 1 atom stereocenters. The van der Waals surface area contributed by atoms with E-state index in [1.54, 1.807) is 11.0 Å². The molecule has 2 saturated heterocycles. The van der Waals surface area contributed by atoms with Crippen LogP contribution in [0.4, 0.5) is 16.2 Å². The molecule has 0 N–H and O–H groups in total. The Balaban J connectivity index is 1.77. The van der Waals surface area contributed by atoms with Gasteiger partial charge in [0.05, 0.1) is 16.5 Å². The molecule has 1 amide bonds. The van der Waals surface area contributed by atoms with Crippen molar-refractivity contribution in [3.63, 3.8) is 0 Å². The Bertz CT molecular complexity index is 795. The van der Waals surface area contributed by atoms with Gasteiger partial charge in [0.15, 0.2) is 0 Å². The lowest BCUT2D eigenvalue weighted by atomic mass is 9.86. The predicted octanol–water partition coefficient (Wildman–Crippen LogP) is 4.20. The number of amides is 1. The minimum Gasteiger partial charge on any atom is -0.495 e. The van der Waals surface area contributed by atoms with E-state index in [2.05, 4.69) is 15.9 Å². The van der Waals surface area contributed by atoms with Gasteiger partial charge in [0.25, 0.3) is 5.69 Å². The van der Waals surface area contributed by atoms with E-state index in [-0.39, 0.29) is 22.1 Å². The first-order chi connectivity index (χ1) is 13.0. The first-order valence-corrected chi connectivity index (χ1v) is 10.1.